The monoisotopic (exact) mass is 428 g/mol. The summed E-state index contributed by atoms with van der Waals surface area (Å²) in [5.41, 5.74) is 5.41. The summed E-state index contributed by atoms with van der Waals surface area (Å²) >= 11 is 0. The van der Waals surface area contributed by atoms with Crippen molar-refractivity contribution in [1.29, 1.82) is 0 Å². The molecule has 1 N–H and O–H groups in total. The number of likely N-dealkylation sites (N-methyl/N-ethyl adjacent to an activating group) is 1. The maximum atomic E-state index is 5.46. The summed E-state index contributed by atoms with van der Waals surface area (Å²) < 4.78 is 7.46. The van der Waals surface area contributed by atoms with Crippen LogP contribution in [0.25, 0.3) is 16.8 Å². The number of hydrogen-bond donors (Lipinski definition) is 1. The summed E-state index contributed by atoms with van der Waals surface area (Å²) in [4.78, 5) is 4.82. The van der Waals surface area contributed by atoms with Crippen LogP contribution < -0.4 is 15.0 Å². The fourth-order valence-electron chi connectivity index (χ4n) is 4.23. The molecular weight excluding hydrogens is 400 g/mol. The molecule has 5 rings (SSSR count). The lowest BCUT2D eigenvalue weighted by atomic mass is 10.1. The maximum Gasteiger partial charge on any atom is 0.170 e. The Kier molecular flexibility index (Phi) is 5.64. The number of pyridine rings is 1. The van der Waals surface area contributed by atoms with Crippen LogP contribution in [0, 0.1) is 0 Å². The number of aromatic nitrogens is 3. The maximum absolute atomic E-state index is 5.46. The van der Waals surface area contributed by atoms with Gasteiger partial charge in [0.15, 0.2) is 5.65 Å². The smallest absolute Gasteiger partial charge is 0.170 e. The third kappa shape index (κ3) is 3.99. The van der Waals surface area contributed by atoms with Crippen LogP contribution in [0.3, 0.4) is 0 Å². The zero-order valence-corrected chi connectivity index (χ0v) is 18.5. The van der Waals surface area contributed by atoms with Crippen LogP contribution in [0.5, 0.6) is 5.75 Å². The molecule has 0 spiro atoms. The van der Waals surface area contributed by atoms with Crippen LogP contribution in [-0.4, -0.2) is 59.8 Å². The van der Waals surface area contributed by atoms with Gasteiger partial charge >= 0.3 is 0 Å². The minimum Gasteiger partial charge on any atom is -0.496 e. The fraction of sp³-hybridized carbons (Fsp3) is 0.280. The molecule has 1 aliphatic heterocycles. The van der Waals surface area contributed by atoms with E-state index in [1.165, 1.54) is 5.69 Å². The lowest BCUT2D eigenvalue weighted by Gasteiger charge is -2.34. The van der Waals surface area contributed by atoms with Gasteiger partial charge in [0.05, 0.1) is 7.11 Å². The van der Waals surface area contributed by atoms with Crippen LogP contribution in [0.15, 0.2) is 67.0 Å². The highest BCUT2D eigenvalue weighted by Crippen LogP contribution is 2.29. The van der Waals surface area contributed by atoms with Crippen molar-refractivity contribution in [2.24, 2.45) is 0 Å². The lowest BCUT2D eigenvalue weighted by Crippen LogP contribution is -2.44. The minimum absolute atomic E-state index is 0.649. The summed E-state index contributed by atoms with van der Waals surface area (Å²) in [6.45, 7) is 4.99. The van der Waals surface area contributed by atoms with Crippen LogP contribution in [0.1, 0.15) is 5.56 Å². The molecule has 32 heavy (non-hydrogen) atoms. The Morgan fingerprint density at radius 1 is 0.938 bits per heavy atom. The summed E-state index contributed by atoms with van der Waals surface area (Å²) in [5, 5.41) is 12.1. The molecule has 1 aliphatic rings. The molecular formula is C25H28N6O. The second kappa shape index (κ2) is 8.88. The van der Waals surface area contributed by atoms with Gasteiger partial charge in [0.25, 0.3) is 0 Å². The molecule has 0 unspecified atom stereocenters. The molecule has 0 saturated carbocycles. The van der Waals surface area contributed by atoms with Crippen molar-refractivity contribution in [3.8, 4) is 16.9 Å². The van der Waals surface area contributed by atoms with Crippen molar-refractivity contribution in [3.63, 3.8) is 0 Å². The molecule has 0 aliphatic carbocycles. The van der Waals surface area contributed by atoms with Crippen molar-refractivity contribution in [2.45, 2.75) is 6.54 Å². The van der Waals surface area contributed by atoms with Gasteiger partial charge < -0.3 is 19.9 Å². The molecule has 7 nitrogen and oxygen atoms in total. The molecule has 2 aromatic heterocycles. The van der Waals surface area contributed by atoms with Gasteiger partial charge in [-0.2, -0.15) is 0 Å². The highest BCUT2D eigenvalue weighted by Gasteiger charge is 2.15. The summed E-state index contributed by atoms with van der Waals surface area (Å²) in [6, 6.07) is 21.0. The SMILES string of the molecule is COc1ccccc1CNc1ccc(-c2ccc(N3CCN(C)CC3)cc2)c2nncn12. The zero-order valence-electron chi connectivity index (χ0n) is 18.5. The Morgan fingerprint density at radius 3 is 2.50 bits per heavy atom. The van der Waals surface area contributed by atoms with E-state index in [0.717, 1.165) is 60.1 Å². The number of anilines is 2. The summed E-state index contributed by atoms with van der Waals surface area (Å²) in [5.74, 6) is 1.81. The van der Waals surface area contributed by atoms with Crippen molar-refractivity contribution in [1.82, 2.24) is 19.5 Å². The number of nitrogens with zero attached hydrogens (tertiary/aromatic N) is 5. The predicted molar refractivity (Wildman–Crippen MR) is 128 cm³/mol. The fourth-order valence-corrected chi connectivity index (χ4v) is 4.23. The number of hydrogen-bond acceptors (Lipinski definition) is 6. The zero-order chi connectivity index (χ0) is 21.9. The number of nitrogens with one attached hydrogen (secondary N) is 1. The largest absolute Gasteiger partial charge is 0.496 e. The first-order chi connectivity index (χ1) is 15.7. The molecule has 1 fully saturated rings. The average Bonchev–Trinajstić information content (AvgIpc) is 3.34. The highest BCUT2D eigenvalue weighted by atomic mass is 16.5. The van der Waals surface area contributed by atoms with Gasteiger partial charge in [0.1, 0.15) is 17.9 Å². The minimum atomic E-state index is 0.649. The van der Waals surface area contributed by atoms with Crippen LogP contribution in [-0.2, 0) is 6.54 Å². The molecule has 3 heterocycles. The van der Waals surface area contributed by atoms with Gasteiger partial charge in [-0.1, -0.05) is 30.3 Å². The molecule has 0 amide bonds. The Morgan fingerprint density at radius 2 is 1.72 bits per heavy atom. The molecule has 2 aromatic carbocycles. The standard InChI is InChI=1S/C25H28N6O/c1-29-13-15-30(16-14-29)21-9-7-19(8-10-21)22-11-12-24(31-18-27-28-25(22)31)26-17-20-5-3-4-6-23(20)32-2/h3-12,18,26H,13-17H2,1-2H3. The highest BCUT2D eigenvalue weighted by molar-refractivity contribution is 5.80. The van der Waals surface area contributed by atoms with E-state index < -0.39 is 0 Å². The Hall–Kier alpha value is -3.58. The van der Waals surface area contributed by atoms with Gasteiger partial charge in [0, 0.05) is 49.5 Å². The Balaban J connectivity index is 1.37. The number of fused-ring (bicyclic) bond motifs is 1. The van der Waals surface area contributed by atoms with E-state index in [-0.39, 0.29) is 0 Å². The number of methoxy groups -OCH3 is 1. The molecule has 0 bridgehead atoms. The molecule has 4 aromatic rings. The molecule has 0 atom stereocenters. The third-order valence-corrected chi connectivity index (χ3v) is 6.16. The topological polar surface area (TPSA) is 57.9 Å². The van der Waals surface area contributed by atoms with Crippen LogP contribution in [0.2, 0.25) is 0 Å². The van der Waals surface area contributed by atoms with E-state index in [1.807, 2.05) is 22.6 Å². The second-order valence-electron chi connectivity index (χ2n) is 8.16. The van der Waals surface area contributed by atoms with Gasteiger partial charge in [-0.15, -0.1) is 10.2 Å². The number of benzene rings is 2. The summed E-state index contributed by atoms with van der Waals surface area (Å²) in [6.07, 6.45) is 1.75. The second-order valence-corrected chi connectivity index (χ2v) is 8.16. The quantitative estimate of drug-likeness (QED) is 0.505. The number of rotatable bonds is 6. The van der Waals surface area contributed by atoms with E-state index in [1.54, 1.807) is 13.4 Å². The molecule has 164 valence electrons. The van der Waals surface area contributed by atoms with E-state index in [0.29, 0.717) is 6.54 Å². The first kappa shape index (κ1) is 20.3. The van der Waals surface area contributed by atoms with Gasteiger partial charge in [-0.25, -0.2) is 0 Å². The van der Waals surface area contributed by atoms with Crippen molar-refractivity contribution >= 4 is 17.2 Å². The van der Waals surface area contributed by atoms with Gasteiger partial charge in [0.2, 0.25) is 0 Å². The lowest BCUT2D eigenvalue weighted by molar-refractivity contribution is 0.313. The van der Waals surface area contributed by atoms with Crippen LogP contribution in [0.4, 0.5) is 11.5 Å². The van der Waals surface area contributed by atoms with Crippen LogP contribution >= 0.6 is 0 Å². The molecule has 0 radical (unpaired) electrons. The van der Waals surface area contributed by atoms with Crippen molar-refractivity contribution in [3.05, 3.63) is 72.6 Å². The number of piperazine rings is 1. The first-order valence-corrected chi connectivity index (χ1v) is 11.0. The first-order valence-electron chi connectivity index (χ1n) is 11.0. The van der Waals surface area contributed by atoms with E-state index in [4.69, 9.17) is 4.74 Å². The van der Waals surface area contributed by atoms with Gasteiger partial charge in [-0.05, 0) is 42.9 Å². The average molecular weight is 429 g/mol. The number of para-hydroxylation sites is 1. The van der Waals surface area contributed by atoms with Crippen molar-refractivity contribution in [2.75, 3.05) is 50.6 Å². The molecule has 1 saturated heterocycles. The Bertz CT molecular complexity index is 1190. The van der Waals surface area contributed by atoms with E-state index in [9.17, 15) is 0 Å². The van der Waals surface area contributed by atoms with Crippen molar-refractivity contribution < 1.29 is 4.74 Å². The molecule has 7 heteroatoms. The van der Waals surface area contributed by atoms with Gasteiger partial charge in [-0.3, -0.25) is 4.40 Å². The van der Waals surface area contributed by atoms with E-state index >= 15 is 0 Å². The normalized spacial score (nSPS) is 14.6. The van der Waals surface area contributed by atoms with E-state index in [2.05, 4.69) is 74.8 Å². The third-order valence-electron chi connectivity index (χ3n) is 6.16. The Labute approximate surface area is 188 Å². The summed E-state index contributed by atoms with van der Waals surface area (Å²) in [7, 11) is 3.87. The predicted octanol–water partition coefficient (Wildman–Crippen LogP) is 3.77. The number of ether oxygens (including phenoxy) is 1.